The summed E-state index contributed by atoms with van der Waals surface area (Å²) < 4.78 is 21.5. The molecule has 2 amide bonds. The number of amides is 2. The molecule has 0 aromatic heterocycles. The van der Waals surface area contributed by atoms with E-state index in [1.807, 2.05) is 0 Å². The topological polar surface area (TPSA) is 116 Å². The summed E-state index contributed by atoms with van der Waals surface area (Å²) in [4.78, 5) is 45.7. The molecule has 206 valence electrons. The fraction of sp³-hybridized carbons (Fsp3) is 0.259. The molecule has 39 heavy (non-hydrogen) atoms. The van der Waals surface area contributed by atoms with E-state index in [4.69, 9.17) is 18.9 Å². The maximum absolute atomic E-state index is 13.6. The number of ether oxygens (including phenoxy) is 4. The number of methoxy groups -OCH3 is 3. The molecule has 10 nitrogen and oxygen atoms in total. The largest absolute Gasteiger partial charge is 1.00 e. The van der Waals surface area contributed by atoms with Gasteiger partial charge in [-0.05, 0) is 55.9 Å². The number of fused-ring (bicyclic) bond motifs is 1. The number of benzene rings is 2. The van der Waals surface area contributed by atoms with Gasteiger partial charge in [-0.2, -0.15) is 0 Å². The Bertz CT molecular complexity index is 1370. The van der Waals surface area contributed by atoms with Crippen LogP contribution in [0, 0.1) is 0 Å². The number of hydrogen-bond acceptors (Lipinski definition) is 9. The summed E-state index contributed by atoms with van der Waals surface area (Å²) in [6.07, 6.45) is 1.23. The Hall–Kier alpha value is -3.77. The number of esters is 1. The Morgan fingerprint density at radius 1 is 1.05 bits per heavy atom. The lowest BCUT2D eigenvalue weighted by Crippen LogP contribution is -3.00. The summed E-state index contributed by atoms with van der Waals surface area (Å²) >= 11 is 1.03. The number of aliphatic imine (C=N–C) groups is 1. The lowest BCUT2D eigenvalue weighted by molar-refractivity contribution is -0.139. The predicted octanol–water partition coefficient (Wildman–Crippen LogP) is 1.06. The number of halogens is 1. The minimum absolute atomic E-state index is 0. The van der Waals surface area contributed by atoms with E-state index in [9.17, 15) is 14.4 Å². The molecule has 1 unspecified atom stereocenters. The fourth-order valence-corrected chi connectivity index (χ4v) is 5.14. The third-order valence-electron chi connectivity index (χ3n) is 5.88. The second-order valence-electron chi connectivity index (χ2n) is 8.10. The maximum atomic E-state index is 13.6. The van der Waals surface area contributed by atoms with Crippen molar-refractivity contribution in [2.75, 3.05) is 33.3 Å². The van der Waals surface area contributed by atoms with Crippen molar-refractivity contribution in [2.24, 2.45) is 4.99 Å². The van der Waals surface area contributed by atoms with Gasteiger partial charge in [0.25, 0.3) is 11.8 Å². The average molecular weight is 617 g/mol. The molecule has 0 saturated carbocycles. The van der Waals surface area contributed by atoms with Gasteiger partial charge in [0.05, 0.1) is 44.1 Å². The van der Waals surface area contributed by atoms with Gasteiger partial charge in [0, 0.05) is 17.3 Å². The van der Waals surface area contributed by atoms with Crippen molar-refractivity contribution in [1.82, 2.24) is 4.90 Å². The van der Waals surface area contributed by atoms with Gasteiger partial charge < -0.3 is 41.2 Å². The van der Waals surface area contributed by atoms with Crippen molar-refractivity contribution in [1.29, 1.82) is 0 Å². The second-order valence-corrected chi connectivity index (χ2v) is 9.11. The minimum Gasteiger partial charge on any atom is -1.00 e. The van der Waals surface area contributed by atoms with Crippen LogP contribution in [0.1, 0.15) is 25.5 Å². The Morgan fingerprint density at radius 3 is 2.38 bits per heavy atom. The molecule has 4 rings (SSSR count). The van der Waals surface area contributed by atoms with Gasteiger partial charge in [0.1, 0.15) is 11.8 Å². The number of thioether (sulfide) groups is 1. The van der Waals surface area contributed by atoms with Gasteiger partial charge in [0.15, 0.2) is 16.7 Å². The summed E-state index contributed by atoms with van der Waals surface area (Å²) in [5.74, 6) is -0.152. The second kappa shape index (κ2) is 12.9. The lowest BCUT2D eigenvalue weighted by Gasteiger charge is -2.38. The Labute approximate surface area is 240 Å². The van der Waals surface area contributed by atoms with Crippen molar-refractivity contribution in [3.63, 3.8) is 0 Å². The van der Waals surface area contributed by atoms with E-state index in [1.165, 1.54) is 25.2 Å². The highest BCUT2D eigenvalue weighted by Crippen LogP contribution is 2.46. The van der Waals surface area contributed by atoms with E-state index in [2.05, 4.69) is 10.3 Å². The number of hydrogen-bond donors (Lipinski definition) is 1. The Kier molecular flexibility index (Phi) is 9.81. The quantitative estimate of drug-likeness (QED) is 0.438. The molecule has 2 aromatic rings. The van der Waals surface area contributed by atoms with E-state index in [1.54, 1.807) is 63.4 Å². The first-order valence-electron chi connectivity index (χ1n) is 11.7. The summed E-state index contributed by atoms with van der Waals surface area (Å²) in [5, 5.41) is 3.03. The van der Waals surface area contributed by atoms with Crippen LogP contribution in [0.5, 0.6) is 17.2 Å². The molecule has 12 heteroatoms. The highest BCUT2D eigenvalue weighted by molar-refractivity contribution is 8.18. The first-order chi connectivity index (χ1) is 18.3. The van der Waals surface area contributed by atoms with Crippen LogP contribution >= 0.6 is 11.8 Å². The Morgan fingerprint density at radius 2 is 1.77 bits per heavy atom. The third-order valence-corrected chi connectivity index (χ3v) is 6.87. The number of anilines is 1. The summed E-state index contributed by atoms with van der Waals surface area (Å²) in [7, 11) is 4.53. The first kappa shape index (κ1) is 29.8. The normalized spacial score (nSPS) is 16.3. The van der Waals surface area contributed by atoms with Gasteiger partial charge in [-0.15, -0.1) is 0 Å². The molecule has 2 heterocycles. The molecule has 0 aliphatic carbocycles. The van der Waals surface area contributed by atoms with Crippen LogP contribution in [0.3, 0.4) is 0 Å². The van der Waals surface area contributed by atoms with E-state index in [-0.39, 0.29) is 39.2 Å². The van der Waals surface area contributed by atoms with Crippen molar-refractivity contribution < 1.29 is 50.3 Å². The third kappa shape index (κ3) is 5.96. The molecule has 2 aromatic carbocycles. The fourth-order valence-electron chi connectivity index (χ4n) is 4.17. The van der Waals surface area contributed by atoms with E-state index in [0.717, 1.165) is 11.8 Å². The van der Waals surface area contributed by atoms with Crippen LogP contribution in [-0.2, 0) is 19.1 Å². The number of amidine groups is 1. The first-order valence-corrected chi connectivity index (χ1v) is 12.5. The van der Waals surface area contributed by atoms with Crippen LogP contribution in [0.15, 0.2) is 69.7 Å². The lowest BCUT2D eigenvalue weighted by atomic mass is 9.93. The highest BCUT2D eigenvalue weighted by atomic mass is 79.9. The van der Waals surface area contributed by atoms with Crippen molar-refractivity contribution >= 4 is 40.4 Å². The Balaban J connectivity index is 0.00000420. The van der Waals surface area contributed by atoms with E-state index < -0.39 is 23.8 Å². The van der Waals surface area contributed by atoms with Crippen LogP contribution in [0.4, 0.5) is 5.69 Å². The standard InChI is InChI=1S/C27H27N3O7S.BrH/c1-6-37-26(33)22-15(2)28-27-30(23(22)18-8-7-9-19(35-4)24(18)36-5)21(31)14-20(38-27)25(32)29-16-10-12-17(34-3)13-11-16;/h7-14,23H,6H2,1-5H3,(H,29,32);1H/p-1. The molecule has 0 spiro atoms. The monoisotopic (exact) mass is 616 g/mol. The summed E-state index contributed by atoms with van der Waals surface area (Å²) in [6.45, 7) is 3.51. The van der Waals surface area contributed by atoms with E-state index >= 15 is 0 Å². The number of para-hydroxylation sites is 1. The van der Waals surface area contributed by atoms with Crippen LogP contribution in [0.2, 0.25) is 0 Å². The van der Waals surface area contributed by atoms with Crippen LogP contribution in [0.25, 0.3) is 0 Å². The van der Waals surface area contributed by atoms with Gasteiger partial charge in [-0.1, -0.05) is 12.1 Å². The number of carbonyl (C=O) groups excluding carboxylic acids is 3. The van der Waals surface area contributed by atoms with Crippen molar-refractivity contribution in [3.8, 4) is 17.2 Å². The number of nitrogens with zero attached hydrogens (tertiary/aromatic N) is 2. The zero-order chi connectivity index (χ0) is 27.4. The number of nitrogens with one attached hydrogen (secondary N) is 1. The molecule has 0 fully saturated rings. The molecular weight excluding hydrogens is 590 g/mol. The maximum Gasteiger partial charge on any atom is 0.338 e. The predicted molar refractivity (Wildman–Crippen MR) is 143 cm³/mol. The van der Waals surface area contributed by atoms with Crippen molar-refractivity contribution in [2.45, 2.75) is 19.9 Å². The minimum atomic E-state index is -0.922. The van der Waals surface area contributed by atoms with Crippen LogP contribution in [-0.4, -0.2) is 55.8 Å². The van der Waals surface area contributed by atoms with Gasteiger partial charge >= 0.3 is 5.97 Å². The smallest absolute Gasteiger partial charge is 0.338 e. The zero-order valence-corrected chi connectivity index (χ0v) is 24.3. The molecule has 0 radical (unpaired) electrons. The molecule has 1 N–H and O–H groups in total. The molecule has 0 bridgehead atoms. The number of allylic oxidation sites excluding steroid dienone is 1. The van der Waals surface area contributed by atoms with E-state index in [0.29, 0.717) is 34.2 Å². The van der Waals surface area contributed by atoms with Crippen molar-refractivity contribution in [3.05, 3.63) is 70.3 Å². The van der Waals surface area contributed by atoms with Gasteiger partial charge in [-0.25, -0.2) is 9.79 Å². The molecule has 2 aliphatic heterocycles. The van der Waals surface area contributed by atoms with Crippen LogP contribution < -0.4 is 36.5 Å². The summed E-state index contributed by atoms with van der Waals surface area (Å²) in [6, 6.07) is 11.1. The number of carbonyl (C=O) groups is 3. The molecular formula is C27H27BrN3O7S-. The molecule has 1 atom stereocenters. The highest BCUT2D eigenvalue weighted by Gasteiger charge is 2.44. The SMILES string of the molecule is CCOC(=O)C1=C(C)N=C2SC(C(=O)Nc3ccc(OC)cc3)=CC(=O)N2C1c1cccc(OC)c1OC.[Br-]. The van der Waals surface area contributed by atoms with Gasteiger partial charge in [0.2, 0.25) is 0 Å². The van der Waals surface area contributed by atoms with Gasteiger partial charge in [-0.3, -0.25) is 14.5 Å². The molecule has 0 saturated heterocycles. The average Bonchev–Trinajstić information content (AvgIpc) is 2.92. The number of rotatable bonds is 8. The zero-order valence-electron chi connectivity index (χ0n) is 21.9. The summed E-state index contributed by atoms with van der Waals surface area (Å²) in [5.41, 5.74) is 1.60. The molecule has 2 aliphatic rings.